The molecule has 19 heavy (non-hydrogen) atoms. The number of hydrogen-bond donors (Lipinski definition) is 0. The highest BCUT2D eigenvalue weighted by Gasteiger charge is 2.28. The number of pyridine rings is 1. The Morgan fingerprint density at radius 1 is 1.42 bits per heavy atom. The third-order valence-corrected chi connectivity index (χ3v) is 4.21. The predicted molar refractivity (Wildman–Crippen MR) is 79.1 cm³/mol. The minimum absolute atomic E-state index is 0.0908. The fourth-order valence-electron chi connectivity index (χ4n) is 2.38. The Balaban J connectivity index is 1.85. The molecule has 1 aliphatic heterocycles. The minimum atomic E-state index is 0.0908. The van der Waals surface area contributed by atoms with E-state index < -0.39 is 0 Å². The number of thiophene rings is 1. The maximum Gasteiger partial charge on any atom is 0.147 e. The van der Waals surface area contributed by atoms with Crippen molar-refractivity contribution in [1.29, 1.82) is 0 Å². The van der Waals surface area contributed by atoms with Gasteiger partial charge >= 0.3 is 0 Å². The minimum Gasteiger partial charge on any atom is -0.367 e. The van der Waals surface area contributed by atoms with Gasteiger partial charge in [-0.15, -0.1) is 0 Å². The second kappa shape index (κ2) is 5.49. The topological polar surface area (TPSA) is 25.4 Å². The lowest BCUT2D eigenvalue weighted by atomic mass is 10.1. The highest BCUT2D eigenvalue weighted by molar-refractivity contribution is 7.07. The van der Waals surface area contributed by atoms with Gasteiger partial charge in [0.15, 0.2) is 0 Å². The first kappa shape index (κ1) is 12.9. The van der Waals surface area contributed by atoms with E-state index in [-0.39, 0.29) is 12.2 Å². The molecule has 2 aromatic heterocycles. The van der Waals surface area contributed by atoms with Crippen LogP contribution in [0.25, 0.3) is 0 Å². The van der Waals surface area contributed by atoms with Gasteiger partial charge in [-0.05, 0) is 41.4 Å². The van der Waals surface area contributed by atoms with Crippen LogP contribution < -0.4 is 4.90 Å². The molecule has 3 rings (SSSR count). The van der Waals surface area contributed by atoms with E-state index in [1.54, 1.807) is 17.5 Å². The fraction of sp³-hybridized carbons (Fsp3) is 0.357. The Bertz CT molecular complexity index is 546. The number of anilines is 1. The zero-order valence-electron chi connectivity index (χ0n) is 10.6. The third-order valence-electron chi connectivity index (χ3n) is 3.21. The summed E-state index contributed by atoms with van der Waals surface area (Å²) in [6, 6.07) is 5.85. The number of morpholine rings is 1. The van der Waals surface area contributed by atoms with Gasteiger partial charge in [0, 0.05) is 19.3 Å². The first-order valence-electron chi connectivity index (χ1n) is 6.27. The van der Waals surface area contributed by atoms with Gasteiger partial charge in [0.25, 0.3) is 0 Å². The lowest BCUT2D eigenvalue weighted by Crippen LogP contribution is -2.43. The maximum atomic E-state index is 6.23. The van der Waals surface area contributed by atoms with Crippen LogP contribution in [-0.4, -0.2) is 24.2 Å². The Hall–Kier alpha value is -1.10. The normalized spacial score (nSPS) is 23.6. The summed E-state index contributed by atoms with van der Waals surface area (Å²) in [7, 11) is 0. The molecule has 0 saturated carbocycles. The highest BCUT2D eigenvalue weighted by atomic mass is 35.5. The van der Waals surface area contributed by atoms with Crippen molar-refractivity contribution in [3.63, 3.8) is 0 Å². The number of rotatable bonds is 2. The Morgan fingerprint density at radius 2 is 2.32 bits per heavy atom. The van der Waals surface area contributed by atoms with Gasteiger partial charge in [-0.2, -0.15) is 11.3 Å². The van der Waals surface area contributed by atoms with E-state index in [0.717, 1.165) is 18.9 Å². The molecule has 2 aromatic rings. The van der Waals surface area contributed by atoms with Gasteiger partial charge in [-0.3, -0.25) is 0 Å². The molecule has 5 heteroatoms. The zero-order chi connectivity index (χ0) is 13.2. The Labute approximate surface area is 121 Å². The van der Waals surface area contributed by atoms with Gasteiger partial charge in [0.2, 0.25) is 0 Å². The molecular weight excluding hydrogens is 280 g/mol. The fourth-order valence-corrected chi connectivity index (χ4v) is 3.32. The Morgan fingerprint density at radius 3 is 3.05 bits per heavy atom. The summed E-state index contributed by atoms with van der Waals surface area (Å²) in [5, 5.41) is 4.91. The summed E-state index contributed by atoms with van der Waals surface area (Å²) >= 11 is 7.93. The molecule has 0 bridgehead atoms. The van der Waals surface area contributed by atoms with Crippen LogP contribution in [0.15, 0.2) is 35.2 Å². The van der Waals surface area contributed by atoms with E-state index in [9.17, 15) is 0 Å². The second-order valence-electron chi connectivity index (χ2n) is 4.71. The summed E-state index contributed by atoms with van der Waals surface area (Å²) in [5.41, 5.74) is 1.23. The lowest BCUT2D eigenvalue weighted by molar-refractivity contribution is -0.0173. The molecule has 0 spiro atoms. The van der Waals surface area contributed by atoms with Crippen LogP contribution in [0.4, 0.5) is 5.82 Å². The van der Waals surface area contributed by atoms with Crippen molar-refractivity contribution in [2.75, 3.05) is 18.0 Å². The number of halogens is 1. The van der Waals surface area contributed by atoms with Crippen molar-refractivity contribution in [1.82, 2.24) is 4.98 Å². The molecule has 1 fully saturated rings. The zero-order valence-corrected chi connectivity index (χ0v) is 12.2. The van der Waals surface area contributed by atoms with Gasteiger partial charge in [0.05, 0.1) is 11.1 Å². The molecule has 0 amide bonds. The van der Waals surface area contributed by atoms with E-state index >= 15 is 0 Å². The number of nitrogens with zero attached hydrogens (tertiary/aromatic N) is 2. The highest BCUT2D eigenvalue weighted by Crippen LogP contribution is 2.31. The average molecular weight is 295 g/mol. The van der Waals surface area contributed by atoms with Crippen LogP contribution >= 0.6 is 22.9 Å². The van der Waals surface area contributed by atoms with Gasteiger partial charge in [0.1, 0.15) is 11.9 Å². The number of aromatic nitrogens is 1. The molecule has 3 nitrogen and oxygen atoms in total. The van der Waals surface area contributed by atoms with Crippen LogP contribution in [0.1, 0.15) is 18.6 Å². The maximum absolute atomic E-state index is 6.23. The largest absolute Gasteiger partial charge is 0.367 e. The van der Waals surface area contributed by atoms with Gasteiger partial charge in [-0.1, -0.05) is 11.6 Å². The molecule has 1 aliphatic rings. The Kier molecular flexibility index (Phi) is 3.73. The van der Waals surface area contributed by atoms with Crippen molar-refractivity contribution in [3.05, 3.63) is 45.7 Å². The summed E-state index contributed by atoms with van der Waals surface area (Å²) in [6.07, 6.45) is 2.03. The molecule has 0 aromatic carbocycles. The summed E-state index contributed by atoms with van der Waals surface area (Å²) < 4.78 is 6.02. The van der Waals surface area contributed by atoms with E-state index in [0.29, 0.717) is 5.02 Å². The standard InChI is InChI=1S/C14H15ClN2OS/c1-10-7-17(14-12(15)3-2-5-16-14)8-13(18-10)11-4-6-19-9-11/h2-6,9-10,13H,7-8H2,1H3. The molecule has 0 N–H and O–H groups in total. The summed E-state index contributed by atoms with van der Waals surface area (Å²) in [4.78, 5) is 6.60. The monoisotopic (exact) mass is 294 g/mol. The predicted octanol–water partition coefficient (Wildman–Crippen LogP) is 3.76. The lowest BCUT2D eigenvalue weighted by Gasteiger charge is -2.37. The van der Waals surface area contributed by atoms with Crippen LogP contribution in [0.2, 0.25) is 5.02 Å². The molecule has 2 unspecified atom stereocenters. The van der Waals surface area contributed by atoms with Crippen LogP contribution in [0.5, 0.6) is 0 Å². The molecule has 3 heterocycles. The van der Waals surface area contributed by atoms with Gasteiger partial charge in [-0.25, -0.2) is 4.98 Å². The quantitative estimate of drug-likeness (QED) is 0.843. The van der Waals surface area contributed by atoms with Crippen LogP contribution in [-0.2, 0) is 4.74 Å². The van der Waals surface area contributed by atoms with Crippen molar-refractivity contribution >= 4 is 28.8 Å². The van der Waals surface area contributed by atoms with E-state index in [4.69, 9.17) is 16.3 Å². The van der Waals surface area contributed by atoms with Crippen molar-refractivity contribution in [2.45, 2.75) is 19.1 Å². The molecular formula is C14H15ClN2OS. The molecule has 0 aliphatic carbocycles. The first-order chi connectivity index (χ1) is 9.24. The van der Waals surface area contributed by atoms with E-state index in [1.165, 1.54) is 5.56 Å². The van der Waals surface area contributed by atoms with E-state index in [2.05, 4.69) is 33.6 Å². The van der Waals surface area contributed by atoms with Crippen LogP contribution in [0.3, 0.4) is 0 Å². The molecule has 100 valence electrons. The number of ether oxygens (including phenoxy) is 1. The van der Waals surface area contributed by atoms with Crippen molar-refractivity contribution in [2.24, 2.45) is 0 Å². The average Bonchev–Trinajstić information content (AvgIpc) is 2.92. The third kappa shape index (κ3) is 2.76. The van der Waals surface area contributed by atoms with Crippen LogP contribution in [0, 0.1) is 0 Å². The SMILES string of the molecule is CC1CN(c2ncccc2Cl)CC(c2ccsc2)O1. The smallest absolute Gasteiger partial charge is 0.147 e. The van der Waals surface area contributed by atoms with E-state index in [1.807, 2.05) is 12.1 Å². The second-order valence-corrected chi connectivity index (χ2v) is 5.89. The van der Waals surface area contributed by atoms with Crippen molar-refractivity contribution < 1.29 is 4.74 Å². The first-order valence-corrected chi connectivity index (χ1v) is 7.59. The molecule has 2 atom stereocenters. The van der Waals surface area contributed by atoms with Crippen molar-refractivity contribution in [3.8, 4) is 0 Å². The summed E-state index contributed by atoms with van der Waals surface area (Å²) in [5.74, 6) is 0.847. The molecule has 1 saturated heterocycles. The summed E-state index contributed by atoms with van der Waals surface area (Å²) in [6.45, 7) is 3.69. The molecule has 0 radical (unpaired) electrons. The number of hydrogen-bond acceptors (Lipinski definition) is 4. The van der Waals surface area contributed by atoms with Gasteiger partial charge < -0.3 is 9.64 Å².